The number of aromatic nitrogens is 2. The zero-order chi connectivity index (χ0) is 25.2. The molecule has 8 heteroatoms. The van der Waals surface area contributed by atoms with Crippen LogP contribution in [0.3, 0.4) is 0 Å². The lowest BCUT2D eigenvalue weighted by Crippen LogP contribution is -2.31. The standard InChI is InChI=1S/C28H31ClF2N2O3/c29-20-10-6-18(7-11-20)27-32-24-14-22(30)23(31)15-25(24)33(27)26(17-4-2-1-3-5-17)16-36-21-12-8-19(9-13-21)28(34)35/h6-7,10-11,14-15,17,19,21,26H,1-5,8-9,12-13,16H2,(H,34,35). The zero-order valence-electron chi connectivity index (χ0n) is 20.1. The van der Waals surface area contributed by atoms with E-state index in [2.05, 4.69) is 0 Å². The van der Waals surface area contributed by atoms with Crippen molar-refractivity contribution in [1.82, 2.24) is 9.55 Å². The van der Waals surface area contributed by atoms with E-state index < -0.39 is 17.6 Å². The van der Waals surface area contributed by atoms with Crippen LogP contribution < -0.4 is 0 Å². The van der Waals surface area contributed by atoms with Crippen molar-refractivity contribution in [2.75, 3.05) is 6.61 Å². The van der Waals surface area contributed by atoms with E-state index in [1.807, 2.05) is 16.7 Å². The third kappa shape index (κ3) is 5.28. The van der Waals surface area contributed by atoms with E-state index in [4.69, 9.17) is 21.3 Å². The number of ether oxygens (including phenoxy) is 1. The summed E-state index contributed by atoms with van der Waals surface area (Å²) in [6.45, 7) is 0.415. The first-order chi connectivity index (χ1) is 17.4. The fourth-order valence-electron chi connectivity index (χ4n) is 5.88. The van der Waals surface area contributed by atoms with Crippen molar-refractivity contribution in [2.45, 2.75) is 69.9 Å². The monoisotopic (exact) mass is 516 g/mol. The highest BCUT2D eigenvalue weighted by Crippen LogP contribution is 2.39. The Balaban J connectivity index is 1.52. The largest absolute Gasteiger partial charge is 0.481 e. The number of hydrogen-bond acceptors (Lipinski definition) is 3. The number of hydrogen-bond donors (Lipinski definition) is 1. The van der Waals surface area contributed by atoms with Gasteiger partial charge in [0.25, 0.3) is 0 Å². The van der Waals surface area contributed by atoms with Crippen molar-refractivity contribution in [3.63, 3.8) is 0 Å². The first kappa shape index (κ1) is 25.2. The number of aliphatic carboxylic acids is 1. The number of carboxylic acids is 1. The van der Waals surface area contributed by atoms with Gasteiger partial charge in [-0.2, -0.15) is 0 Å². The van der Waals surface area contributed by atoms with Crippen LogP contribution in [-0.2, 0) is 9.53 Å². The second kappa shape index (κ2) is 10.9. The summed E-state index contributed by atoms with van der Waals surface area (Å²) in [4.78, 5) is 16.1. The number of fused-ring (bicyclic) bond motifs is 1. The molecule has 0 spiro atoms. The number of rotatable bonds is 7. The highest BCUT2D eigenvalue weighted by atomic mass is 35.5. The molecule has 5 nitrogen and oxygen atoms in total. The fourth-order valence-corrected chi connectivity index (χ4v) is 6.01. The molecule has 1 atom stereocenters. The first-order valence-corrected chi connectivity index (χ1v) is 13.3. The average molecular weight is 517 g/mol. The molecular formula is C28H31ClF2N2O3. The summed E-state index contributed by atoms with van der Waals surface area (Å²) >= 11 is 6.13. The molecule has 2 aliphatic carbocycles. The minimum absolute atomic E-state index is 0.00496. The Kier molecular flexibility index (Phi) is 7.58. The maximum absolute atomic E-state index is 14.5. The topological polar surface area (TPSA) is 64.3 Å². The van der Waals surface area contributed by atoms with Crippen LogP contribution in [0.15, 0.2) is 36.4 Å². The Hall–Kier alpha value is -2.51. The van der Waals surface area contributed by atoms with Gasteiger partial charge in [0.1, 0.15) is 5.82 Å². The van der Waals surface area contributed by atoms with Gasteiger partial charge in [-0.25, -0.2) is 13.8 Å². The van der Waals surface area contributed by atoms with Gasteiger partial charge in [0.2, 0.25) is 0 Å². The highest BCUT2D eigenvalue weighted by molar-refractivity contribution is 6.30. The Bertz CT molecular complexity index is 1220. The maximum Gasteiger partial charge on any atom is 0.306 e. The number of imidazole rings is 1. The summed E-state index contributed by atoms with van der Waals surface area (Å²) in [6.07, 6.45) is 8.14. The second-order valence-electron chi connectivity index (χ2n) is 10.2. The first-order valence-electron chi connectivity index (χ1n) is 12.9. The Labute approximate surface area is 214 Å². The van der Waals surface area contributed by atoms with Crippen LogP contribution >= 0.6 is 11.6 Å². The minimum atomic E-state index is -0.921. The van der Waals surface area contributed by atoms with E-state index >= 15 is 0 Å². The van der Waals surface area contributed by atoms with Gasteiger partial charge in [-0.3, -0.25) is 4.79 Å². The van der Waals surface area contributed by atoms with Crippen LogP contribution in [0.1, 0.15) is 63.8 Å². The molecule has 0 radical (unpaired) electrons. The molecule has 1 aromatic heterocycles. The van der Waals surface area contributed by atoms with Gasteiger partial charge in [0, 0.05) is 22.7 Å². The summed E-state index contributed by atoms with van der Waals surface area (Å²) in [5.74, 6) is -1.91. The third-order valence-electron chi connectivity index (χ3n) is 7.89. The van der Waals surface area contributed by atoms with Crippen molar-refractivity contribution >= 4 is 28.6 Å². The van der Waals surface area contributed by atoms with Crippen LogP contribution in [0.4, 0.5) is 8.78 Å². The van der Waals surface area contributed by atoms with Gasteiger partial charge >= 0.3 is 5.97 Å². The number of carboxylic acid groups (broad SMARTS) is 1. The minimum Gasteiger partial charge on any atom is -0.481 e. The fraction of sp³-hybridized carbons (Fsp3) is 0.500. The molecule has 0 amide bonds. The summed E-state index contributed by atoms with van der Waals surface area (Å²) in [7, 11) is 0. The molecule has 2 fully saturated rings. The van der Waals surface area contributed by atoms with E-state index in [-0.39, 0.29) is 18.1 Å². The molecule has 1 unspecified atom stereocenters. The average Bonchev–Trinajstić information content (AvgIpc) is 3.23. The third-order valence-corrected chi connectivity index (χ3v) is 8.14. The molecule has 2 aliphatic rings. The Morgan fingerprint density at radius 1 is 1.03 bits per heavy atom. The Morgan fingerprint density at radius 2 is 1.69 bits per heavy atom. The molecule has 1 heterocycles. The predicted octanol–water partition coefficient (Wildman–Crippen LogP) is 7.42. The zero-order valence-corrected chi connectivity index (χ0v) is 20.9. The van der Waals surface area contributed by atoms with Crippen molar-refractivity contribution in [2.24, 2.45) is 11.8 Å². The number of carbonyl (C=O) groups is 1. The van der Waals surface area contributed by atoms with Gasteiger partial charge in [-0.1, -0.05) is 30.9 Å². The van der Waals surface area contributed by atoms with Gasteiger partial charge in [0.05, 0.1) is 35.7 Å². The van der Waals surface area contributed by atoms with Crippen LogP contribution in [-0.4, -0.2) is 33.3 Å². The molecule has 0 bridgehead atoms. The quantitative estimate of drug-likeness (QED) is 0.355. The number of benzene rings is 2. The molecule has 0 aliphatic heterocycles. The van der Waals surface area contributed by atoms with Crippen LogP contribution in [0.5, 0.6) is 0 Å². The molecule has 36 heavy (non-hydrogen) atoms. The maximum atomic E-state index is 14.5. The highest BCUT2D eigenvalue weighted by Gasteiger charge is 2.32. The summed E-state index contributed by atoms with van der Waals surface area (Å²) in [5, 5.41) is 9.92. The van der Waals surface area contributed by atoms with Crippen LogP contribution in [0, 0.1) is 23.5 Å². The van der Waals surface area contributed by atoms with E-state index in [1.165, 1.54) is 12.5 Å². The normalized spacial score (nSPS) is 22.1. The lowest BCUT2D eigenvalue weighted by molar-refractivity contribution is -0.143. The van der Waals surface area contributed by atoms with E-state index in [0.29, 0.717) is 60.1 Å². The number of nitrogens with zero attached hydrogens (tertiary/aromatic N) is 2. The van der Waals surface area contributed by atoms with E-state index in [1.54, 1.807) is 12.1 Å². The molecule has 2 saturated carbocycles. The molecule has 0 saturated heterocycles. The van der Waals surface area contributed by atoms with Gasteiger partial charge < -0.3 is 14.4 Å². The molecule has 3 aromatic rings. The summed E-state index contributed by atoms with van der Waals surface area (Å²) < 4.78 is 37.1. The van der Waals surface area contributed by atoms with E-state index in [0.717, 1.165) is 37.3 Å². The van der Waals surface area contributed by atoms with Gasteiger partial charge in [-0.05, 0) is 68.7 Å². The second-order valence-corrected chi connectivity index (χ2v) is 10.6. The van der Waals surface area contributed by atoms with Gasteiger partial charge in [0.15, 0.2) is 11.6 Å². The summed E-state index contributed by atoms with van der Waals surface area (Å²) in [6, 6.07) is 9.61. The lowest BCUT2D eigenvalue weighted by Gasteiger charge is -2.35. The lowest BCUT2D eigenvalue weighted by atomic mass is 9.83. The molecule has 5 rings (SSSR count). The van der Waals surface area contributed by atoms with Crippen molar-refractivity contribution in [1.29, 1.82) is 0 Å². The smallest absolute Gasteiger partial charge is 0.306 e. The van der Waals surface area contributed by atoms with E-state index in [9.17, 15) is 18.7 Å². The van der Waals surface area contributed by atoms with Crippen LogP contribution in [0.25, 0.3) is 22.4 Å². The molecule has 1 N–H and O–H groups in total. The van der Waals surface area contributed by atoms with Crippen molar-refractivity contribution in [3.8, 4) is 11.4 Å². The predicted molar refractivity (Wildman–Crippen MR) is 135 cm³/mol. The number of halogens is 3. The van der Waals surface area contributed by atoms with Gasteiger partial charge in [-0.15, -0.1) is 0 Å². The SMILES string of the molecule is O=C(O)C1CCC(OCC(C2CCCCC2)n2c(-c3ccc(Cl)cc3)nc3cc(F)c(F)cc32)CC1. The molecular weight excluding hydrogens is 486 g/mol. The van der Waals surface area contributed by atoms with Crippen molar-refractivity contribution < 1.29 is 23.4 Å². The van der Waals surface area contributed by atoms with Crippen molar-refractivity contribution in [3.05, 3.63) is 53.1 Å². The van der Waals surface area contributed by atoms with Crippen LogP contribution in [0.2, 0.25) is 5.02 Å². The molecule has 192 valence electrons. The Morgan fingerprint density at radius 3 is 2.36 bits per heavy atom. The molecule has 2 aromatic carbocycles. The summed E-state index contributed by atoms with van der Waals surface area (Å²) in [5.41, 5.74) is 1.77.